The van der Waals surface area contributed by atoms with E-state index in [1.54, 1.807) is 6.26 Å². The summed E-state index contributed by atoms with van der Waals surface area (Å²) in [6.45, 7) is 6.31. The molecule has 0 atom stereocenters. The molecule has 2 aromatic carbocycles. The zero-order valence-corrected chi connectivity index (χ0v) is 13.4. The van der Waals surface area contributed by atoms with Crippen molar-refractivity contribution in [3.63, 3.8) is 0 Å². The van der Waals surface area contributed by atoms with E-state index in [2.05, 4.69) is 55.0 Å². The van der Waals surface area contributed by atoms with Crippen LogP contribution in [0.4, 0.5) is 0 Å². The molecule has 114 valence electrons. The van der Waals surface area contributed by atoms with Gasteiger partial charge < -0.3 is 9.32 Å². The molecule has 3 nitrogen and oxygen atoms in total. The van der Waals surface area contributed by atoms with Crippen molar-refractivity contribution in [3.8, 4) is 11.5 Å². The van der Waals surface area contributed by atoms with Crippen LogP contribution in [0.5, 0.6) is 0 Å². The highest BCUT2D eigenvalue weighted by Crippen LogP contribution is 2.28. The number of benzene rings is 2. The zero-order chi connectivity index (χ0) is 15.5. The summed E-state index contributed by atoms with van der Waals surface area (Å²) in [5.41, 5.74) is 2.03. The molecule has 0 aliphatic heterocycles. The molecule has 0 spiro atoms. The third kappa shape index (κ3) is 3.20. The van der Waals surface area contributed by atoms with Gasteiger partial charge in [-0.3, -0.25) is 0 Å². The monoisotopic (exact) mass is 294 g/mol. The fourth-order valence-electron chi connectivity index (χ4n) is 2.88. The van der Waals surface area contributed by atoms with Crippen LogP contribution in [-0.2, 0) is 6.54 Å². The SMILES string of the molecule is CC(C)CN(C)Cc1coc(-c2cccc3ccccc23)n1. The minimum atomic E-state index is 0.648. The molecule has 0 aliphatic rings. The van der Waals surface area contributed by atoms with E-state index in [0.717, 1.165) is 24.3 Å². The Morgan fingerprint density at radius 1 is 1.09 bits per heavy atom. The van der Waals surface area contributed by atoms with Crippen LogP contribution in [-0.4, -0.2) is 23.5 Å². The van der Waals surface area contributed by atoms with Gasteiger partial charge in [0.25, 0.3) is 0 Å². The van der Waals surface area contributed by atoms with Crippen LogP contribution in [0.15, 0.2) is 53.1 Å². The molecule has 0 unspecified atom stereocenters. The zero-order valence-electron chi connectivity index (χ0n) is 13.4. The molecule has 0 radical (unpaired) electrons. The molecule has 3 rings (SSSR count). The molecule has 3 heteroatoms. The van der Waals surface area contributed by atoms with E-state index in [9.17, 15) is 0 Å². The van der Waals surface area contributed by atoms with Gasteiger partial charge in [0.05, 0.1) is 5.69 Å². The lowest BCUT2D eigenvalue weighted by molar-refractivity contribution is 0.285. The largest absolute Gasteiger partial charge is 0.444 e. The van der Waals surface area contributed by atoms with Crippen molar-refractivity contribution < 1.29 is 4.42 Å². The minimum Gasteiger partial charge on any atom is -0.444 e. The average Bonchev–Trinajstić information content (AvgIpc) is 2.94. The predicted octanol–water partition coefficient (Wildman–Crippen LogP) is 4.58. The molecule has 0 fully saturated rings. The van der Waals surface area contributed by atoms with Crippen molar-refractivity contribution in [2.24, 2.45) is 5.92 Å². The number of hydrogen-bond acceptors (Lipinski definition) is 3. The topological polar surface area (TPSA) is 29.3 Å². The summed E-state index contributed by atoms with van der Waals surface area (Å²) in [5.74, 6) is 1.35. The summed E-state index contributed by atoms with van der Waals surface area (Å²) in [6.07, 6.45) is 1.77. The van der Waals surface area contributed by atoms with Gasteiger partial charge in [-0.1, -0.05) is 50.2 Å². The molecular weight excluding hydrogens is 272 g/mol. The van der Waals surface area contributed by atoms with Crippen LogP contribution in [0.1, 0.15) is 19.5 Å². The molecule has 0 amide bonds. The summed E-state index contributed by atoms with van der Waals surface area (Å²) in [5, 5.41) is 2.38. The third-order valence-electron chi connectivity index (χ3n) is 3.68. The van der Waals surface area contributed by atoms with E-state index < -0.39 is 0 Å². The second-order valence-electron chi connectivity index (χ2n) is 6.26. The van der Waals surface area contributed by atoms with Gasteiger partial charge in [-0.25, -0.2) is 4.98 Å². The Hall–Kier alpha value is -2.13. The molecular formula is C19H22N2O. The van der Waals surface area contributed by atoms with Crippen LogP contribution < -0.4 is 0 Å². The van der Waals surface area contributed by atoms with E-state index in [4.69, 9.17) is 4.42 Å². The van der Waals surface area contributed by atoms with E-state index in [-0.39, 0.29) is 0 Å². The third-order valence-corrected chi connectivity index (χ3v) is 3.68. The smallest absolute Gasteiger partial charge is 0.226 e. The number of hydrogen-bond donors (Lipinski definition) is 0. The Bertz CT molecular complexity index is 755. The maximum atomic E-state index is 5.73. The number of rotatable bonds is 5. The quantitative estimate of drug-likeness (QED) is 0.689. The summed E-state index contributed by atoms with van der Waals surface area (Å²) >= 11 is 0. The Kier molecular flexibility index (Phi) is 4.25. The highest BCUT2D eigenvalue weighted by atomic mass is 16.3. The first-order valence-corrected chi connectivity index (χ1v) is 7.74. The molecule has 1 heterocycles. The number of aromatic nitrogens is 1. The normalized spacial score (nSPS) is 11.7. The lowest BCUT2D eigenvalue weighted by Crippen LogP contribution is -2.22. The second kappa shape index (κ2) is 6.32. The van der Waals surface area contributed by atoms with Gasteiger partial charge in [0.1, 0.15) is 6.26 Å². The van der Waals surface area contributed by atoms with Crippen LogP contribution in [0.3, 0.4) is 0 Å². The van der Waals surface area contributed by atoms with E-state index in [1.807, 2.05) is 18.2 Å². The first-order chi connectivity index (χ1) is 10.6. The fraction of sp³-hybridized carbons (Fsp3) is 0.316. The van der Waals surface area contributed by atoms with E-state index >= 15 is 0 Å². The van der Waals surface area contributed by atoms with Crippen LogP contribution in [0.25, 0.3) is 22.2 Å². The van der Waals surface area contributed by atoms with E-state index in [0.29, 0.717) is 11.8 Å². The van der Waals surface area contributed by atoms with Crippen molar-refractivity contribution in [2.45, 2.75) is 20.4 Å². The first kappa shape index (κ1) is 14.8. The Morgan fingerprint density at radius 2 is 1.86 bits per heavy atom. The maximum Gasteiger partial charge on any atom is 0.226 e. The Balaban J connectivity index is 1.87. The average molecular weight is 294 g/mol. The lowest BCUT2D eigenvalue weighted by Gasteiger charge is -2.16. The number of oxazole rings is 1. The first-order valence-electron chi connectivity index (χ1n) is 7.74. The van der Waals surface area contributed by atoms with Crippen molar-refractivity contribution >= 4 is 10.8 Å². The summed E-state index contributed by atoms with van der Waals surface area (Å²) in [6, 6.07) is 14.5. The molecule has 0 saturated carbocycles. The van der Waals surface area contributed by atoms with Gasteiger partial charge in [0.2, 0.25) is 5.89 Å². The Labute approximate surface area is 131 Å². The van der Waals surface area contributed by atoms with Crippen molar-refractivity contribution in [3.05, 3.63) is 54.4 Å². The van der Waals surface area contributed by atoms with Gasteiger partial charge >= 0.3 is 0 Å². The molecule has 3 aromatic rings. The highest BCUT2D eigenvalue weighted by molar-refractivity contribution is 5.94. The molecule has 1 aromatic heterocycles. The molecule has 0 aliphatic carbocycles. The Morgan fingerprint density at radius 3 is 2.68 bits per heavy atom. The molecule has 22 heavy (non-hydrogen) atoms. The summed E-state index contributed by atoms with van der Waals surface area (Å²) in [7, 11) is 2.12. The standard InChI is InChI=1S/C19H22N2O/c1-14(2)11-21(3)12-16-13-22-19(20-16)18-10-6-8-15-7-4-5-9-17(15)18/h4-10,13-14H,11-12H2,1-3H3. The predicted molar refractivity (Wildman–Crippen MR) is 90.6 cm³/mol. The van der Waals surface area contributed by atoms with Crippen LogP contribution in [0, 0.1) is 5.92 Å². The van der Waals surface area contributed by atoms with Crippen LogP contribution in [0.2, 0.25) is 0 Å². The molecule has 0 N–H and O–H groups in total. The van der Waals surface area contributed by atoms with Gasteiger partial charge in [-0.05, 0) is 29.8 Å². The minimum absolute atomic E-state index is 0.648. The van der Waals surface area contributed by atoms with Gasteiger partial charge in [-0.2, -0.15) is 0 Å². The number of fused-ring (bicyclic) bond motifs is 1. The van der Waals surface area contributed by atoms with Gasteiger partial charge in [-0.15, -0.1) is 0 Å². The molecule has 0 saturated heterocycles. The maximum absolute atomic E-state index is 5.73. The summed E-state index contributed by atoms with van der Waals surface area (Å²) in [4.78, 5) is 6.94. The number of nitrogens with zero attached hydrogens (tertiary/aromatic N) is 2. The van der Waals surface area contributed by atoms with Crippen molar-refractivity contribution in [1.82, 2.24) is 9.88 Å². The second-order valence-corrected chi connectivity index (χ2v) is 6.26. The summed E-state index contributed by atoms with van der Waals surface area (Å²) < 4.78 is 5.73. The highest BCUT2D eigenvalue weighted by Gasteiger charge is 2.11. The van der Waals surface area contributed by atoms with Crippen LogP contribution >= 0.6 is 0 Å². The fourth-order valence-corrected chi connectivity index (χ4v) is 2.88. The lowest BCUT2D eigenvalue weighted by atomic mass is 10.0. The van der Waals surface area contributed by atoms with Crippen molar-refractivity contribution in [2.75, 3.05) is 13.6 Å². The van der Waals surface area contributed by atoms with Crippen molar-refractivity contribution in [1.29, 1.82) is 0 Å². The van der Waals surface area contributed by atoms with Gasteiger partial charge in [0, 0.05) is 18.7 Å². The van der Waals surface area contributed by atoms with E-state index in [1.165, 1.54) is 10.8 Å². The molecule has 0 bridgehead atoms. The van der Waals surface area contributed by atoms with Gasteiger partial charge in [0.15, 0.2) is 0 Å².